The highest BCUT2D eigenvalue weighted by molar-refractivity contribution is 5.76. The van der Waals surface area contributed by atoms with Gasteiger partial charge in [-0.3, -0.25) is 9.48 Å². The van der Waals surface area contributed by atoms with Gasteiger partial charge in [-0.1, -0.05) is 0 Å². The molecule has 0 saturated carbocycles. The molecular weight excluding hydrogens is 244 g/mol. The Kier molecular flexibility index (Phi) is 4.09. The van der Waals surface area contributed by atoms with Gasteiger partial charge in [0.25, 0.3) is 0 Å². The van der Waals surface area contributed by atoms with E-state index in [1.807, 2.05) is 13.8 Å². The van der Waals surface area contributed by atoms with E-state index in [4.69, 9.17) is 10.5 Å². The zero-order valence-corrected chi connectivity index (χ0v) is 11.8. The first-order chi connectivity index (χ1) is 8.99. The lowest BCUT2D eigenvalue weighted by Crippen LogP contribution is -2.36. The first kappa shape index (κ1) is 13.9. The fourth-order valence-corrected chi connectivity index (χ4v) is 2.31. The van der Waals surface area contributed by atoms with E-state index in [1.165, 1.54) is 0 Å². The smallest absolute Gasteiger partial charge is 0.244 e. The summed E-state index contributed by atoms with van der Waals surface area (Å²) in [6.45, 7) is 5.41. The van der Waals surface area contributed by atoms with Gasteiger partial charge in [-0.15, -0.1) is 0 Å². The molecule has 1 atom stereocenters. The van der Waals surface area contributed by atoms with E-state index >= 15 is 0 Å². The fraction of sp³-hybridized carbons (Fsp3) is 0.692. The Hall–Kier alpha value is -1.56. The Bertz CT molecular complexity index is 463. The van der Waals surface area contributed by atoms with Crippen molar-refractivity contribution in [2.24, 2.45) is 0 Å². The number of anilines is 1. The lowest BCUT2D eigenvalue weighted by atomic mass is 10.2. The molecule has 0 spiro atoms. The topological polar surface area (TPSA) is 73.4 Å². The minimum absolute atomic E-state index is 0.0288. The molecule has 6 nitrogen and oxygen atoms in total. The predicted octanol–water partition coefficient (Wildman–Crippen LogP) is 0.720. The van der Waals surface area contributed by atoms with Gasteiger partial charge in [0, 0.05) is 20.2 Å². The number of ether oxygens (including phenoxy) is 1. The van der Waals surface area contributed by atoms with Gasteiger partial charge < -0.3 is 15.4 Å². The van der Waals surface area contributed by atoms with Gasteiger partial charge in [-0.05, 0) is 26.7 Å². The molecule has 1 saturated heterocycles. The average Bonchev–Trinajstić information content (AvgIpc) is 2.95. The van der Waals surface area contributed by atoms with Crippen LogP contribution in [0, 0.1) is 13.8 Å². The normalized spacial score (nSPS) is 18.8. The van der Waals surface area contributed by atoms with Crippen LogP contribution in [0.15, 0.2) is 0 Å². The summed E-state index contributed by atoms with van der Waals surface area (Å²) in [5.74, 6) is 0.0288. The second-order valence-electron chi connectivity index (χ2n) is 5.15. The van der Waals surface area contributed by atoms with E-state index in [2.05, 4.69) is 5.10 Å². The molecule has 1 unspecified atom stereocenters. The zero-order chi connectivity index (χ0) is 14.0. The average molecular weight is 266 g/mol. The largest absolute Gasteiger partial charge is 0.396 e. The lowest BCUT2D eigenvalue weighted by molar-refractivity contribution is -0.132. The number of nitrogens with two attached hydrogens (primary N) is 1. The number of nitrogen functional groups attached to an aromatic ring is 1. The highest BCUT2D eigenvalue weighted by Crippen LogP contribution is 2.16. The standard InChI is InChI=1S/C13H22N4O2/c1-9-13(14)10(2)17(15-9)8-12(18)16(3)7-11-5-4-6-19-11/h11H,4-8,14H2,1-3H3. The van der Waals surface area contributed by atoms with Gasteiger partial charge in [-0.25, -0.2) is 0 Å². The molecule has 6 heteroatoms. The number of carbonyl (C=O) groups is 1. The number of rotatable bonds is 4. The minimum atomic E-state index is 0.0288. The molecule has 19 heavy (non-hydrogen) atoms. The van der Waals surface area contributed by atoms with Gasteiger partial charge in [-0.2, -0.15) is 5.10 Å². The third-order valence-electron chi connectivity index (χ3n) is 3.65. The second kappa shape index (κ2) is 5.61. The van der Waals surface area contributed by atoms with Crippen molar-refractivity contribution in [2.75, 3.05) is 25.9 Å². The van der Waals surface area contributed by atoms with Crippen LogP contribution in [0.2, 0.25) is 0 Å². The van der Waals surface area contributed by atoms with Crippen LogP contribution in [-0.4, -0.2) is 46.9 Å². The molecule has 1 aromatic rings. The highest BCUT2D eigenvalue weighted by Gasteiger charge is 2.21. The molecule has 0 radical (unpaired) electrons. The van der Waals surface area contributed by atoms with Crippen molar-refractivity contribution in [1.29, 1.82) is 0 Å². The molecule has 106 valence electrons. The summed E-state index contributed by atoms with van der Waals surface area (Å²) in [5.41, 5.74) is 8.13. The summed E-state index contributed by atoms with van der Waals surface area (Å²) in [7, 11) is 1.80. The van der Waals surface area contributed by atoms with Crippen molar-refractivity contribution in [3.05, 3.63) is 11.4 Å². The third-order valence-corrected chi connectivity index (χ3v) is 3.65. The highest BCUT2D eigenvalue weighted by atomic mass is 16.5. The molecule has 0 bridgehead atoms. The summed E-state index contributed by atoms with van der Waals surface area (Å²) in [6.07, 6.45) is 2.30. The summed E-state index contributed by atoms with van der Waals surface area (Å²) >= 11 is 0. The molecule has 0 aromatic carbocycles. The Morgan fingerprint density at radius 2 is 2.32 bits per heavy atom. The van der Waals surface area contributed by atoms with Crippen molar-refractivity contribution in [1.82, 2.24) is 14.7 Å². The number of aryl methyl sites for hydroxylation is 1. The maximum absolute atomic E-state index is 12.1. The van der Waals surface area contributed by atoms with E-state index in [-0.39, 0.29) is 18.6 Å². The molecule has 1 amide bonds. The van der Waals surface area contributed by atoms with Crippen molar-refractivity contribution in [3.63, 3.8) is 0 Å². The number of hydrogen-bond donors (Lipinski definition) is 1. The van der Waals surface area contributed by atoms with Gasteiger partial charge in [0.2, 0.25) is 5.91 Å². The zero-order valence-electron chi connectivity index (χ0n) is 11.8. The lowest BCUT2D eigenvalue weighted by Gasteiger charge is -2.21. The maximum Gasteiger partial charge on any atom is 0.244 e. The molecular formula is C13H22N4O2. The van der Waals surface area contributed by atoms with Crippen LogP contribution in [0.1, 0.15) is 24.2 Å². The van der Waals surface area contributed by atoms with Crippen molar-refractivity contribution in [2.45, 2.75) is 39.3 Å². The van der Waals surface area contributed by atoms with Gasteiger partial charge in [0.1, 0.15) is 6.54 Å². The number of nitrogens with zero attached hydrogens (tertiary/aromatic N) is 3. The van der Waals surface area contributed by atoms with E-state index in [1.54, 1.807) is 16.6 Å². The van der Waals surface area contributed by atoms with Gasteiger partial charge in [0.15, 0.2) is 0 Å². The van der Waals surface area contributed by atoms with Gasteiger partial charge >= 0.3 is 0 Å². The summed E-state index contributed by atoms with van der Waals surface area (Å²) in [4.78, 5) is 13.9. The second-order valence-corrected chi connectivity index (χ2v) is 5.15. The van der Waals surface area contributed by atoms with E-state index < -0.39 is 0 Å². The van der Waals surface area contributed by atoms with Crippen molar-refractivity contribution >= 4 is 11.6 Å². The third kappa shape index (κ3) is 3.07. The molecule has 2 heterocycles. The van der Waals surface area contributed by atoms with Gasteiger partial charge in [0.05, 0.1) is 23.2 Å². The molecule has 2 N–H and O–H groups in total. The Morgan fingerprint density at radius 3 is 2.84 bits per heavy atom. The van der Waals surface area contributed by atoms with Crippen LogP contribution in [0.4, 0.5) is 5.69 Å². The quantitative estimate of drug-likeness (QED) is 0.871. The molecule has 1 aliphatic rings. The van der Waals surface area contributed by atoms with Crippen molar-refractivity contribution < 1.29 is 9.53 Å². The maximum atomic E-state index is 12.1. The molecule has 2 rings (SSSR count). The Labute approximate surface area is 113 Å². The Balaban J connectivity index is 1.94. The monoisotopic (exact) mass is 266 g/mol. The first-order valence-corrected chi connectivity index (χ1v) is 6.64. The van der Waals surface area contributed by atoms with Crippen LogP contribution in [0.5, 0.6) is 0 Å². The molecule has 1 aliphatic heterocycles. The minimum Gasteiger partial charge on any atom is -0.396 e. The fourth-order valence-electron chi connectivity index (χ4n) is 2.31. The van der Waals surface area contributed by atoms with Crippen LogP contribution < -0.4 is 5.73 Å². The Morgan fingerprint density at radius 1 is 1.58 bits per heavy atom. The van der Waals surface area contributed by atoms with E-state index in [9.17, 15) is 4.79 Å². The van der Waals surface area contributed by atoms with Crippen LogP contribution in [-0.2, 0) is 16.1 Å². The summed E-state index contributed by atoms with van der Waals surface area (Å²) < 4.78 is 7.20. The van der Waals surface area contributed by atoms with Crippen LogP contribution >= 0.6 is 0 Å². The SMILES string of the molecule is Cc1nn(CC(=O)N(C)CC2CCCO2)c(C)c1N. The van der Waals surface area contributed by atoms with E-state index in [0.717, 1.165) is 30.8 Å². The molecule has 0 aliphatic carbocycles. The molecule has 1 fully saturated rings. The number of aromatic nitrogens is 2. The van der Waals surface area contributed by atoms with E-state index in [0.29, 0.717) is 12.2 Å². The summed E-state index contributed by atoms with van der Waals surface area (Å²) in [6, 6.07) is 0. The first-order valence-electron chi connectivity index (χ1n) is 6.64. The summed E-state index contributed by atoms with van der Waals surface area (Å²) in [5, 5.41) is 4.28. The van der Waals surface area contributed by atoms with Crippen LogP contribution in [0.25, 0.3) is 0 Å². The predicted molar refractivity (Wildman–Crippen MR) is 72.7 cm³/mol. The number of hydrogen-bond acceptors (Lipinski definition) is 4. The van der Waals surface area contributed by atoms with Crippen molar-refractivity contribution in [3.8, 4) is 0 Å². The number of likely N-dealkylation sites (N-methyl/N-ethyl adjacent to an activating group) is 1. The van der Waals surface area contributed by atoms with Crippen LogP contribution in [0.3, 0.4) is 0 Å². The molecule has 1 aromatic heterocycles. The number of amides is 1. The number of carbonyl (C=O) groups excluding carboxylic acids is 1.